The minimum atomic E-state index is -0.102. The predicted molar refractivity (Wildman–Crippen MR) is 150 cm³/mol. The molecule has 3 aromatic rings. The summed E-state index contributed by atoms with van der Waals surface area (Å²) in [4.78, 5) is 23.2. The van der Waals surface area contributed by atoms with Crippen LogP contribution in [-0.2, 0) is 4.79 Å². The van der Waals surface area contributed by atoms with Crippen LogP contribution in [0, 0.1) is 22.7 Å². The van der Waals surface area contributed by atoms with E-state index in [9.17, 15) is 10.1 Å². The molecule has 9 nitrogen and oxygen atoms in total. The van der Waals surface area contributed by atoms with Crippen molar-refractivity contribution in [3.63, 3.8) is 0 Å². The Morgan fingerprint density at radius 1 is 1.08 bits per heavy atom. The van der Waals surface area contributed by atoms with E-state index in [-0.39, 0.29) is 35.5 Å². The van der Waals surface area contributed by atoms with Crippen LogP contribution in [0.4, 0.5) is 11.6 Å². The number of ether oxygens (including phenoxy) is 1. The highest BCUT2D eigenvalue weighted by molar-refractivity contribution is 6.16. The van der Waals surface area contributed by atoms with Crippen LogP contribution >= 0.6 is 0 Å². The van der Waals surface area contributed by atoms with Crippen molar-refractivity contribution in [2.45, 2.75) is 31.7 Å². The highest BCUT2D eigenvalue weighted by atomic mass is 16.5. The fourth-order valence-electron chi connectivity index (χ4n) is 4.62. The molecule has 0 bridgehead atoms. The van der Waals surface area contributed by atoms with Crippen LogP contribution in [0.2, 0.25) is 0 Å². The Kier molecular flexibility index (Phi) is 7.94. The number of carbonyl (C=O) groups excluding carboxylic acids is 1. The Morgan fingerprint density at radius 3 is 2.44 bits per heavy atom. The monoisotopic (exact) mass is 521 g/mol. The number of carbonyl (C=O) groups is 1. The van der Waals surface area contributed by atoms with Gasteiger partial charge < -0.3 is 15.8 Å². The molecule has 4 N–H and O–H groups in total. The first-order chi connectivity index (χ1) is 19.0. The smallest absolute Gasteiger partial charge is 0.186 e. The van der Waals surface area contributed by atoms with E-state index in [1.165, 1.54) is 6.33 Å². The Morgan fingerprint density at radius 2 is 1.77 bits per heavy atom. The fourth-order valence-corrected chi connectivity index (χ4v) is 4.62. The van der Waals surface area contributed by atoms with Crippen LogP contribution < -0.4 is 15.8 Å². The van der Waals surface area contributed by atoms with E-state index >= 15 is 0 Å². The maximum atomic E-state index is 12.6. The van der Waals surface area contributed by atoms with Gasteiger partial charge in [0.25, 0.3) is 0 Å². The van der Waals surface area contributed by atoms with Gasteiger partial charge in [0.1, 0.15) is 35.5 Å². The summed E-state index contributed by atoms with van der Waals surface area (Å²) in [7, 11) is 0. The predicted octanol–water partition coefficient (Wildman–Crippen LogP) is 4.57. The van der Waals surface area contributed by atoms with Gasteiger partial charge in [0, 0.05) is 24.7 Å². The molecule has 1 aromatic heterocycles. The number of hydrogen-bond acceptors (Lipinski definition) is 9. The van der Waals surface area contributed by atoms with Crippen LogP contribution in [0.1, 0.15) is 36.8 Å². The summed E-state index contributed by atoms with van der Waals surface area (Å²) < 4.78 is 5.86. The van der Waals surface area contributed by atoms with Crippen molar-refractivity contribution in [2.75, 3.05) is 30.7 Å². The first-order valence-electron chi connectivity index (χ1n) is 13.2. The molecule has 0 unspecified atom stereocenters. The van der Waals surface area contributed by atoms with Crippen molar-refractivity contribution in [3.05, 3.63) is 83.7 Å². The third-order valence-electron chi connectivity index (χ3n) is 6.99. The number of para-hydroxylation sites is 1. The maximum absolute atomic E-state index is 12.6. The largest absolute Gasteiger partial charge is 0.457 e. The fraction of sp³-hybridized carbons (Fsp3) is 0.300. The Balaban J connectivity index is 1.21. The average molecular weight is 522 g/mol. The van der Waals surface area contributed by atoms with Gasteiger partial charge in [0.2, 0.25) is 0 Å². The normalized spacial score (nSPS) is 16.3. The van der Waals surface area contributed by atoms with E-state index < -0.39 is 0 Å². The number of Topliss-reactive ketones (excluding diaryl/α,β-unsaturated/α-hetero) is 1. The van der Waals surface area contributed by atoms with E-state index in [4.69, 9.17) is 15.9 Å². The lowest BCUT2D eigenvalue weighted by atomic mass is 10.0. The number of rotatable bonds is 10. The summed E-state index contributed by atoms with van der Waals surface area (Å²) in [5.41, 5.74) is 7.85. The van der Waals surface area contributed by atoms with Crippen LogP contribution in [0.5, 0.6) is 11.5 Å². The molecule has 1 saturated carbocycles. The van der Waals surface area contributed by atoms with Crippen molar-refractivity contribution in [1.82, 2.24) is 14.9 Å². The molecule has 1 aliphatic carbocycles. The second-order valence-corrected chi connectivity index (χ2v) is 9.94. The minimum Gasteiger partial charge on any atom is -0.457 e. The molecule has 1 saturated heterocycles. The Hall–Kier alpha value is -4.55. The summed E-state index contributed by atoms with van der Waals surface area (Å²) in [5.74, 6) is 2.46. The van der Waals surface area contributed by atoms with Gasteiger partial charge in [-0.1, -0.05) is 24.3 Å². The highest BCUT2D eigenvalue weighted by Crippen LogP contribution is 2.31. The highest BCUT2D eigenvalue weighted by Gasteiger charge is 2.26. The van der Waals surface area contributed by atoms with Gasteiger partial charge in [0.05, 0.1) is 23.4 Å². The van der Waals surface area contributed by atoms with Gasteiger partial charge >= 0.3 is 0 Å². The van der Waals surface area contributed by atoms with Gasteiger partial charge in [-0.2, -0.15) is 5.26 Å². The standard InChI is InChI=1S/C30H31N7O2/c31-17-22(16-20-6-7-20)26(38)18-37-14-12-23(13-15-37)36-30-27(29(33)34-19-35-30)28(32)21-8-10-25(11-9-21)39-24-4-2-1-3-5-24/h1-5,8-11,16,19-20,23,32H,6-7,12-15,18H2,(H3,33,34,35,36). The minimum absolute atomic E-state index is 0.102. The molecule has 39 heavy (non-hydrogen) atoms. The molecule has 2 aromatic carbocycles. The van der Waals surface area contributed by atoms with E-state index in [0.717, 1.165) is 44.5 Å². The van der Waals surface area contributed by atoms with Crippen molar-refractivity contribution in [3.8, 4) is 17.6 Å². The molecule has 0 amide bonds. The van der Waals surface area contributed by atoms with Crippen molar-refractivity contribution < 1.29 is 9.53 Å². The van der Waals surface area contributed by atoms with Crippen molar-refractivity contribution in [1.29, 1.82) is 10.7 Å². The Labute approximate surface area is 227 Å². The molecule has 198 valence electrons. The van der Waals surface area contributed by atoms with Crippen LogP contribution in [0.25, 0.3) is 0 Å². The summed E-state index contributed by atoms with van der Waals surface area (Å²) in [6, 6.07) is 19.0. The molecule has 2 fully saturated rings. The van der Waals surface area contributed by atoms with Crippen molar-refractivity contribution in [2.24, 2.45) is 5.92 Å². The van der Waals surface area contributed by atoms with E-state index in [0.29, 0.717) is 28.6 Å². The zero-order valence-electron chi connectivity index (χ0n) is 21.6. The molecule has 2 aliphatic rings. The number of ketones is 1. The molecule has 1 aliphatic heterocycles. The molecule has 2 heterocycles. The van der Waals surface area contributed by atoms with Crippen LogP contribution in [-0.4, -0.2) is 52.0 Å². The number of nitrogens with two attached hydrogens (primary N) is 1. The zero-order valence-corrected chi connectivity index (χ0v) is 21.6. The number of benzene rings is 2. The first-order valence-corrected chi connectivity index (χ1v) is 13.2. The van der Waals surface area contributed by atoms with E-state index in [2.05, 4.69) is 26.3 Å². The lowest BCUT2D eigenvalue weighted by Crippen LogP contribution is -2.42. The van der Waals surface area contributed by atoms with Gasteiger partial charge in [-0.25, -0.2) is 9.97 Å². The number of nitriles is 1. The second-order valence-electron chi connectivity index (χ2n) is 9.94. The zero-order chi connectivity index (χ0) is 27.2. The summed E-state index contributed by atoms with van der Waals surface area (Å²) >= 11 is 0. The lowest BCUT2D eigenvalue weighted by Gasteiger charge is -2.32. The van der Waals surface area contributed by atoms with Gasteiger partial charge in [-0.05, 0) is 68.0 Å². The van der Waals surface area contributed by atoms with Gasteiger partial charge in [0.15, 0.2) is 5.78 Å². The molecule has 5 rings (SSSR count). The van der Waals surface area contributed by atoms with E-state index in [1.807, 2.05) is 60.7 Å². The van der Waals surface area contributed by atoms with Crippen LogP contribution in [0.3, 0.4) is 0 Å². The summed E-state index contributed by atoms with van der Waals surface area (Å²) in [6.45, 7) is 1.71. The van der Waals surface area contributed by atoms with Crippen molar-refractivity contribution >= 4 is 23.1 Å². The third kappa shape index (κ3) is 6.67. The van der Waals surface area contributed by atoms with Crippen LogP contribution in [0.15, 0.2) is 72.6 Å². The molecule has 0 radical (unpaired) electrons. The molecular formula is C30H31N7O2. The number of nitrogen functional groups attached to an aromatic ring is 1. The number of nitrogens with one attached hydrogen (secondary N) is 2. The summed E-state index contributed by atoms with van der Waals surface area (Å²) in [6.07, 6.45) is 6.95. The number of piperidine rings is 1. The SMILES string of the molecule is N#CC(=CC1CC1)C(=O)CN1CCC(Nc2ncnc(N)c2C(=N)c2ccc(Oc3ccccc3)cc2)CC1. The number of allylic oxidation sites excluding steroid dienone is 1. The van der Waals surface area contributed by atoms with E-state index in [1.54, 1.807) is 0 Å². The second kappa shape index (κ2) is 11.9. The lowest BCUT2D eigenvalue weighted by molar-refractivity contribution is -0.116. The summed E-state index contributed by atoms with van der Waals surface area (Å²) in [5, 5.41) is 21.7. The number of nitrogens with zero attached hydrogens (tertiary/aromatic N) is 4. The number of aromatic nitrogens is 2. The number of anilines is 2. The topological polar surface area (TPSA) is 141 Å². The number of likely N-dealkylation sites (tertiary alicyclic amines) is 1. The molecule has 9 heteroatoms. The third-order valence-corrected chi connectivity index (χ3v) is 6.99. The first kappa shape index (κ1) is 26.1. The number of hydrogen-bond donors (Lipinski definition) is 3. The average Bonchev–Trinajstić information content (AvgIpc) is 3.78. The molecular weight excluding hydrogens is 490 g/mol. The Bertz CT molecular complexity index is 1400. The quantitative estimate of drug-likeness (QED) is 0.200. The molecule has 0 spiro atoms. The molecule has 0 atom stereocenters. The van der Waals surface area contributed by atoms with Gasteiger partial charge in [-0.3, -0.25) is 15.1 Å². The van der Waals surface area contributed by atoms with Gasteiger partial charge in [-0.15, -0.1) is 0 Å². The maximum Gasteiger partial charge on any atom is 0.186 e.